The predicted molar refractivity (Wildman–Crippen MR) is 79.6 cm³/mol. The van der Waals surface area contributed by atoms with Crippen molar-refractivity contribution in [1.29, 1.82) is 0 Å². The zero-order valence-electron chi connectivity index (χ0n) is 11.5. The number of carbonyl (C=O) groups is 2. The molecule has 5 heteroatoms. The van der Waals surface area contributed by atoms with Crippen molar-refractivity contribution < 1.29 is 9.59 Å². The Bertz CT molecular complexity index is 481. The van der Waals surface area contributed by atoms with Crippen LogP contribution < -0.4 is 10.6 Å². The fourth-order valence-electron chi connectivity index (χ4n) is 2.37. The van der Waals surface area contributed by atoms with Gasteiger partial charge in [-0.05, 0) is 44.0 Å². The molecule has 1 atom stereocenters. The Morgan fingerprint density at radius 3 is 2.40 bits per heavy atom. The molecule has 1 saturated carbocycles. The van der Waals surface area contributed by atoms with Gasteiger partial charge in [0.15, 0.2) is 0 Å². The van der Waals surface area contributed by atoms with Crippen molar-refractivity contribution in [2.75, 3.05) is 5.32 Å². The molecule has 1 fully saturated rings. The van der Waals surface area contributed by atoms with Crippen molar-refractivity contribution >= 4 is 29.1 Å². The monoisotopic (exact) mass is 294 g/mol. The number of hydrogen-bond acceptors (Lipinski definition) is 2. The van der Waals surface area contributed by atoms with Crippen LogP contribution >= 0.6 is 11.6 Å². The zero-order chi connectivity index (χ0) is 14.5. The summed E-state index contributed by atoms with van der Waals surface area (Å²) in [6.07, 6.45) is 4.06. The average molecular weight is 295 g/mol. The molecule has 0 bridgehead atoms. The Hall–Kier alpha value is -1.55. The highest BCUT2D eigenvalue weighted by molar-refractivity contribution is 6.30. The van der Waals surface area contributed by atoms with Crippen LogP contribution in [0.25, 0.3) is 0 Å². The van der Waals surface area contributed by atoms with Crippen LogP contribution in [0.1, 0.15) is 32.6 Å². The van der Waals surface area contributed by atoms with Gasteiger partial charge in [-0.2, -0.15) is 0 Å². The van der Waals surface area contributed by atoms with Gasteiger partial charge in [-0.25, -0.2) is 0 Å². The highest BCUT2D eigenvalue weighted by atomic mass is 35.5. The number of rotatable bonds is 4. The van der Waals surface area contributed by atoms with Gasteiger partial charge in [0.25, 0.3) is 0 Å². The van der Waals surface area contributed by atoms with Crippen molar-refractivity contribution in [3.05, 3.63) is 29.3 Å². The number of hydrogen-bond donors (Lipinski definition) is 2. The van der Waals surface area contributed by atoms with Gasteiger partial charge in [-0.1, -0.05) is 24.4 Å². The van der Waals surface area contributed by atoms with Gasteiger partial charge >= 0.3 is 0 Å². The number of carbonyl (C=O) groups excluding carboxylic acids is 2. The van der Waals surface area contributed by atoms with Crippen LogP contribution in [0.5, 0.6) is 0 Å². The number of anilines is 1. The molecule has 0 spiro atoms. The van der Waals surface area contributed by atoms with Gasteiger partial charge in [0.1, 0.15) is 6.04 Å². The molecule has 1 aromatic rings. The first-order valence-electron chi connectivity index (χ1n) is 6.93. The average Bonchev–Trinajstić information content (AvgIpc) is 2.95. The van der Waals surface area contributed by atoms with Crippen molar-refractivity contribution in [2.24, 2.45) is 5.92 Å². The quantitative estimate of drug-likeness (QED) is 0.897. The minimum atomic E-state index is -0.543. The normalized spacial score (nSPS) is 16.7. The molecule has 2 amide bonds. The Morgan fingerprint density at radius 1 is 1.20 bits per heavy atom. The second kappa shape index (κ2) is 6.75. The van der Waals surface area contributed by atoms with E-state index in [9.17, 15) is 9.59 Å². The SMILES string of the molecule is C[C@@H](NC(=O)C1CCCC1)C(=O)Nc1ccc(Cl)cc1. The number of nitrogens with one attached hydrogen (secondary N) is 2. The zero-order valence-corrected chi connectivity index (χ0v) is 12.2. The van der Waals surface area contributed by atoms with Crippen LogP contribution in [0, 0.1) is 5.92 Å². The van der Waals surface area contributed by atoms with Crippen LogP contribution in [0.4, 0.5) is 5.69 Å². The summed E-state index contributed by atoms with van der Waals surface area (Å²) in [6, 6.07) is 6.33. The lowest BCUT2D eigenvalue weighted by Gasteiger charge is -2.16. The smallest absolute Gasteiger partial charge is 0.246 e. The van der Waals surface area contributed by atoms with Gasteiger partial charge in [-0.15, -0.1) is 0 Å². The highest BCUT2D eigenvalue weighted by Gasteiger charge is 2.25. The van der Waals surface area contributed by atoms with Gasteiger partial charge in [0.05, 0.1) is 0 Å². The van der Waals surface area contributed by atoms with Crippen LogP contribution in [0.3, 0.4) is 0 Å². The van der Waals surface area contributed by atoms with E-state index in [-0.39, 0.29) is 17.7 Å². The van der Waals surface area contributed by atoms with E-state index in [0.29, 0.717) is 10.7 Å². The molecule has 2 N–H and O–H groups in total. The molecular formula is C15H19ClN2O2. The molecule has 4 nitrogen and oxygen atoms in total. The maximum atomic E-state index is 12.0. The van der Waals surface area contributed by atoms with Crippen molar-refractivity contribution in [2.45, 2.75) is 38.6 Å². The third-order valence-electron chi connectivity index (χ3n) is 3.59. The standard InChI is InChI=1S/C15H19ClN2O2/c1-10(17-15(20)11-4-2-3-5-11)14(19)18-13-8-6-12(16)7-9-13/h6-11H,2-5H2,1H3,(H,17,20)(H,18,19)/t10-/m1/s1. The molecule has 1 aromatic carbocycles. The van der Waals surface area contributed by atoms with E-state index in [1.807, 2.05) is 0 Å². The summed E-state index contributed by atoms with van der Waals surface area (Å²) in [5, 5.41) is 6.15. The van der Waals surface area contributed by atoms with Crippen molar-refractivity contribution in [3.8, 4) is 0 Å². The molecule has 108 valence electrons. The molecule has 0 aliphatic heterocycles. The first kappa shape index (κ1) is 14.9. The number of halogens is 1. The summed E-state index contributed by atoms with van der Waals surface area (Å²) in [5.41, 5.74) is 0.668. The fraction of sp³-hybridized carbons (Fsp3) is 0.467. The van der Waals surface area contributed by atoms with E-state index in [2.05, 4.69) is 10.6 Å². The second-order valence-electron chi connectivity index (χ2n) is 5.21. The summed E-state index contributed by atoms with van der Waals surface area (Å²) in [7, 11) is 0. The van der Waals surface area contributed by atoms with Gasteiger partial charge < -0.3 is 10.6 Å². The first-order valence-corrected chi connectivity index (χ1v) is 7.31. The van der Waals surface area contributed by atoms with Gasteiger partial charge in [0, 0.05) is 16.6 Å². The Balaban J connectivity index is 1.85. The largest absolute Gasteiger partial charge is 0.344 e. The van der Waals surface area contributed by atoms with Gasteiger partial charge in [-0.3, -0.25) is 9.59 Å². The topological polar surface area (TPSA) is 58.2 Å². The molecule has 0 heterocycles. The maximum Gasteiger partial charge on any atom is 0.246 e. The molecule has 1 aliphatic carbocycles. The molecule has 0 radical (unpaired) electrons. The van der Waals surface area contributed by atoms with Crippen LogP contribution in [-0.2, 0) is 9.59 Å². The summed E-state index contributed by atoms with van der Waals surface area (Å²) in [6.45, 7) is 1.69. The second-order valence-corrected chi connectivity index (χ2v) is 5.64. The molecular weight excluding hydrogens is 276 g/mol. The van der Waals surface area contributed by atoms with Crippen LogP contribution in [0.2, 0.25) is 5.02 Å². The minimum Gasteiger partial charge on any atom is -0.344 e. The van der Waals surface area contributed by atoms with E-state index in [0.717, 1.165) is 25.7 Å². The minimum absolute atomic E-state index is 0.0127. The fourth-order valence-corrected chi connectivity index (χ4v) is 2.49. The Morgan fingerprint density at radius 2 is 1.80 bits per heavy atom. The molecule has 2 rings (SSSR count). The summed E-state index contributed by atoms with van der Waals surface area (Å²) >= 11 is 5.78. The Labute approximate surface area is 123 Å². The molecule has 1 aliphatic rings. The molecule has 0 aromatic heterocycles. The molecule has 0 unspecified atom stereocenters. The molecule has 20 heavy (non-hydrogen) atoms. The third-order valence-corrected chi connectivity index (χ3v) is 3.84. The Kier molecular flexibility index (Phi) is 5.01. The lowest BCUT2D eigenvalue weighted by molar-refractivity contribution is -0.128. The van der Waals surface area contributed by atoms with E-state index in [1.165, 1.54) is 0 Å². The van der Waals surface area contributed by atoms with Crippen LogP contribution in [-0.4, -0.2) is 17.9 Å². The van der Waals surface area contributed by atoms with E-state index in [4.69, 9.17) is 11.6 Å². The van der Waals surface area contributed by atoms with Crippen LogP contribution in [0.15, 0.2) is 24.3 Å². The van der Waals surface area contributed by atoms with E-state index < -0.39 is 6.04 Å². The van der Waals surface area contributed by atoms with Crippen molar-refractivity contribution in [1.82, 2.24) is 5.32 Å². The highest BCUT2D eigenvalue weighted by Crippen LogP contribution is 2.24. The molecule has 0 saturated heterocycles. The summed E-state index contributed by atoms with van der Waals surface area (Å²) in [5.74, 6) is -0.166. The lowest BCUT2D eigenvalue weighted by Crippen LogP contribution is -2.43. The summed E-state index contributed by atoms with van der Waals surface area (Å²) < 4.78 is 0. The van der Waals surface area contributed by atoms with E-state index >= 15 is 0 Å². The van der Waals surface area contributed by atoms with Crippen molar-refractivity contribution in [3.63, 3.8) is 0 Å². The third kappa shape index (κ3) is 3.97. The van der Waals surface area contributed by atoms with Gasteiger partial charge in [0.2, 0.25) is 11.8 Å². The number of amides is 2. The first-order chi connectivity index (χ1) is 9.56. The predicted octanol–water partition coefficient (Wildman–Crippen LogP) is 2.97. The van der Waals surface area contributed by atoms with E-state index in [1.54, 1.807) is 31.2 Å². The summed E-state index contributed by atoms with van der Waals surface area (Å²) in [4.78, 5) is 23.9. The number of benzene rings is 1. The lowest BCUT2D eigenvalue weighted by atomic mass is 10.1. The maximum absolute atomic E-state index is 12.0.